The van der Waals surface area contributed by atoms with Gasteiger partial charge in [0.25, 0.3) is 0 Å². The van der Waals surface area contributed by atoms with Gasteiger partial charge in [-0.1, -0.05) is 0 Å². The van der Waals surface area contributed by atoms with Crippen molar-refractivity contribution in [2.45, 2.75) is 0 Å². The molecule has 0 aliphatic rings. The zero-order valence-electron chi connectivity index (χ0n) is 4.88. The van der Waals surface area contributed by atoms with E-state index in [1.54, 1.807) is 4.98 Å². The number of H-pyrrole nitrogens is 1. The van der Waals surface area contributed by atoms with E-state index in [-0.39, 0.29) is 33.6 Å². The van der Waals surface area contributed by atoms with Crippen LogP contribution in [-0.4, -0.2) is 42.2 Å². The summed E-state index contributed by atoms with van der Waals surface area (Å²) >= 11 is 7.71. The van der Waals surface area contributed by atoms with E-state index >= 15 is 0 Å². The van der Waals surface area contributed by atoms with Crippen LogP contribution in [0.3, 0.4) is 0 Å². The Morgan fingerprint density at radius 2 is 1.75 bits per heavy atom. The fourth-order valence-electron chi connectivity index (χ4n) is 0.440. The average molecular weight is 266 g/mol. The maximum atomic E-state index is 10.7. The van der Waals surface area contributed by atoms with Crippen molar-refractivity contribution in [3.63, 3.8) is 0 Å². The van der Waals surface area contributed by atoms with Gasteiger partial charge in [-0.25, -0.2) is 14.4 Å². The molecule has 6 nitrogen and oxygen atoms in total. The van der Waals surface area contributed by atoms with Crippen molar-refractivity contribution in [2.75, 3.05) is 0 Å². The first-order valence-corrected chi connectivity index (χ1v) is 3.39. The van der Waals surface area contributed by atoms with Crippen LogP contribution >= 0.6 is 27.9 Å². The molecule has 1 aromatic rings. The first kappa shape index (κ1) is 12.2. The molecule has 0 spiro atoms. The first-order valence-electron chi connectivity index (χ1n) is 2.34. The van der Waals surface area contributed by atoms with Crippen LogP contribution in [0.4, 0.5) is 0 Å². The number of hydrogen-bond acceptors (Lipinski definition) is 3. The number of hydrogen-bond donors (Lipinski definition) is 1. The van der Waals surface area contributed by atoms with E-state index in [1.165, 1.54) is 0 Å². The molecule has 0 saturated carbocycles. The number of aromatic nitrogens is 3. The van der Waals surface area contributed by atoms with Gasteiger partial charge in [0.05, 0.1) is 16.1 Å². The van der Waals surface area contributed by atoms with Crippen LogP contribution in [0.5, 0.6) is 0 Å². The predicted octanol–water partition coefficient (Wildman–Crippen LogP) is -1.79. The second kappa shape index (κ2) is 4.43. The summed E-state index contributed by atoms with van der Waals surface area (Å²) < 4.78 is 0.748. The summed E-state index contributed by atoms with van der Waals surface area (Å²) in [6.07, 6.45) is 0. The van der Waals surface area contributed by atoms with E-state index in [9.17, 15) is 14.4 Å². The van der Waals surface area contributed by atoms with Crippen molar-refractivity contribution in [1.82, 2.24) is 12.7 Å². The summed E-state index contributed by atoms with van der Waals surface area (Å²) in [7, 11) is 0. The molecule has 0 bridgehead atoms. The summed E-state index contributed by atoms with van der Waals surface area (Å²) in [6, 6.07) is 0. The summed E-state index contributed by atoms with van der Waals surface area (Å²) in [6.45, 7) is 0. The Labute approximate surface area is 101 Å². The SMILES string of the molecule is O=c1[nH]c(=O)n(Br)c(=O)n1Cl.[NaH]. The number of rotatable bonds is 0. The van der Waals surface area contributed by atoms with Gasteiger partial charge in [-0.15, -0.1) is 0 Å². The average Bonchev–Trinajstić information content (AvgIpc) is 1.97. The minimum atomic E-state index is -0.961. The molecule has 0 unspecified atom stereocenters. The molecule has 1 rings (SSSR count). The van der Waals surface area contributed by atoms with E-state index in [4.69, 9.17) is 11.8 Å². The minimum absolute atomic E-state index is 0. The van der Waals surface area contributed by atoms with E-state index < -0.39 is 17.1 Å². The molecule has 12 heavy (non-hydrogen) atoms. The van der Waals surface area contributed by atoms with Crippen LogP contribution in [-0.2, 0) is 0 Å². The number of aromatic amines is 1. The Bertz CT molecular complexity index is 410. The van der Waals surface area contributed by atoms with Crippen LogP contribution in [0.15, 0.2) is 14.4 Å². The van der Waals surface area contributed by atoms with Gasteiger partial charge in [-0.2, -0.15) is 7.68 Å². The summed E-state index contributed by atoms with van der Waals surface area (Å²) in [4.78, 5) is 33.7. The molecule has 1 aromatic heterocycles. The normalized spacial score (nSPS) is 9.17. The zero-order chi connectivity index (χ0) is 8.59. The third-order valence-corrected chi connectivity index (χ3v) is 1.83. The Balaban J connectivity index is 0.00000121. The summed E-state index contributed by atoms with van der Waals surface area (Å²) in [5, 5.41) is 0. The molecule has 62 valence electrons. The molecule has 0 amide bonds. The van der Waals surface area contributed by atoms with E-state index in [0.29, 0.717) is 3.59 Å². The second-order valence-corrected chi connectivity index (χ2v) is 2.63. The molecular formula is C3H2BrClN3NaO3. The molecule has 0 aromatic carbocycles. The molecule has 9 heteroatoms. The third kappa shape index (κ3) is 2.11. The molecule has 0 atom stereocenters. The van der Waals surface area contributed by atoms with Crippen LogP contribution in [0.2, 0.25) is 0 Å². The third-order valence-electron chi connectivity index (χ3n) is 0.906. The molecule has 0 radical (unpaired) electrons. The van der Waals surface area contributed by atoms with Gasteiger partial charge >= 0.3 is 46.6 Å². The molecule has 1 N–H and O–H groups in total. The van der Waals surface area contributed by atoms with Gasteiger partial charge in [0.2, 0.25) is 0 Å². The number of halogens is 2. The van der Waals surface area contributed by atoms with Crippen molar-refractivity contribution in [2.24, 2.45) is 0 Å². The second-order valence-electron chi connectivity index (χ2n) is 1.58. The summed E-state index contributed by atoms with van der Waals surface area (Å²) in [5.41, 5.74) is -2.77. The van der Waals surface area contributed by atoms with Gasteiger partial charge in [-0.3, -0.25) is 4.98 Å². The van der Waals surface area contributed by atoms with E-state index in [1.807, 2.05) is 0 Å². The standard InChI is InChI=1S/C3HBrClN3O3.Na.H/c4-7-1(9)6-2(10)8(5)3(7)11;;/h(H,6,9,10);;. The van der Waals surface area contributed by atoms with Crippen molar-refractivity contribution in [1.29, 1.82) is 0 Å². The first-order chi connectivity index (χ1) is 5.04. The van der Waals surface area contributed by atoms with Crippen LogP contribution in [0.25, 0.3) is 0 Å². The van der Waals surface area contributed by atoms with Gasteiger partial charge < -0.3 is 0 Å². The fraction of sp³-hybridized carbons (Fsp3) is 0. The maximum absolute atomic E-state index is 10.7. The zero-order valence-corrected chi connectivity index (χ0v) is 7.22. The fourth-order valence-corrected chi connectivity index (χ4v) is 0.897. The van der Waals surface area contributed by atoms with Gasteiger partial charge in [-0.05, 0) is 0 Å². The Kier molecular flexibility index (Phi) is 4.49. The van der Waals surface area contributed by atoms with Crippen molar-refractivity contribution in [3.8, 4) is 0 Å². The van der Waals surface area contributed by atoms with Crippen LogP contribution in [0.1, 0.15) is 0 Å². The quantitative estimate of drug-likeness (QED) is 0.564. The Hall–Kier alpha value is 0.180. The molecule has 1 heterocycles. The van der Waals surface area contributed by atoms with E-state index in [0.717, 1.165) is 0 Å². The number of nitrogens with zero attached hydrogens (tertiary/aromatic N) is 2. The predicted molar refractivity (Wildman–Crippen MR) is 48.3 cm³/mol. The van der Waals surface area contributed by atoms with Crippen molar-refractivity contribution >= 4 is 57.5 Å². The van der Waals surface area contributed by atoms with Gasteiger partial charge in [0, 0.05) is 11.8 Å². The Morgan fingerprint density at radius 1 is 1.25 bits per heavy atom. The van der Waals surface area contributed by atoms with Crippen LogP contribution < -0.4 is 17.1 Å². The molecule has 0 fully saturated rings. The van der Waals surface area contributed by atoms with Crippen molar-refractivity contribution < 1.29 is 0 Å². The topological polar surface area (TPSA) is 76.9 Å². The van der Waals surface area contributed by atoms with E-state index in [2.05, 4.69) is 16.1 Å². The molecular weight excluding hydrogens is 264 g/mol. The molecule has 0 aliphatic carbocycles. The van der Waals surface area contributed by atoms with Gasteiger partial charge in [0.15, 0.2) is 0 Å². The monoisotopic (exact) mass is 265 g/mol. The molecule has 0 aliphatic heterocycles. The van der Waals surface area contributed by atoms with Crippen molar-refractivity contribution in [3.05, 3.63) is 31.5 Å². The number of nitrogens with one attached hydrogen (secondary N) is 1. The molecule has 0 saturated heterocycles. The summed E-state index contributed by atoms with van der Waals surface area (Å²) in [5.74, 6) is 0. The van der Waals surface area contributed by atoms with Crippen LogP contribution in [0, 0.1) is 0 Å². The van der Waals surface area contributed by atoms with Gasteiger partial charge in [0.1, 0.15) is 0 Å². The Morgan fingerprint density at radius 3 is 2.25 bits per heavy atom.